The van der Waals surface area contributed by atoms with Crippen LogP contribution in [0, 0.1) is 94.9 Å². The van der Waals surface area contributed by atoms with Gasteiger partial charge in [0.15, 0.2) is 0 Å². The molecule has 6 aliphatic rings. The molecule has 0 heterocycles. The molecule has 0 heteroatoms. The first-order valence-electron chi connectivity index (χ1n) is 25.2. The summed E-state index contributed by atoms with van der Waals surface area (Å²) < 4.78 is 0. The maximum Gasteiger partial charge on any atom is 0.0360 e. The lowest BCUT2D eigenvalue weighted by molar-refractivity contribution is 0.802. The Morgan fingerprint density at radius 2 is 0.652 bits per heavy atom. The molecular weight excluding hydrogens is 793 g/mol. The van der Waals surface area contributed by atoms with Crippen LogP contribution >= 0.6 is 0 Å². The SMILES string of the molecule is C=C1C2=C(C3=C(C)C(C)=C(C4=C(C)c5c(C)c6c(c(C)c5C4c4c(C)c(C)c(C)c(C)c4C)C(C)=C(C)C6c4c(C)c(C)c(C)c(C)c4C)C3)C(C)C(=C)C2=C(C2=C(C)C(C)=C(C)C2)C1C. The zero-order valence-corrected chi connectivity index (χ0v) is 45.1. The van der Waals surface area contributed by atoms with Crippen molar-refractivity contribution >= 4 is 11.1 Å². The van der Waals surface area contributed by atoms with Gasteiger partial charge in [0, 0.05) is 23.7 Å². The van der Waals surface area contributed by atoms with Crippen LogP contribution < -0.4 is 0 Å². The second-order valence-electron chi connectivity index (χ2n) is 22.3. The molecule has 0 radical (unpaired) electrons. The van der Waals surface area contributed by atoms with Gasteiger partial charge >= 0.3 is 0 Å². The highest BCUT2D eigenvalue weighted by molar-refractivity contribution is 5.93. The standard InChI is InChI=1S/C66H78/c1-27-25-51(35(9)28(27)2)58-43(17)46(20)63-59(44(18)47(21)62(58)63)52-26-53(37(11)36(52)10)60-48(22)57-50(24)64-56(42(16)45(19)61(64)54-38(12)31(5)29(3)32(6)39(54)13)49(23)65(57)66(60)55-40(14)33(7)30(4)34(8)41(55)15/h43-44,61,66H,20-21,25-26H2,1-19,22-24H3. The van der Waals surface area contributed by atoms with Gasteiger partial charge < -0.3 is 0 Å². The molecular formula is C66H78. The second-order valence-corrected chi connectivity index (χ2v) is 22.3. The molecule has 9 rings (SSSR count). The van der Waals surface area contributed by atoms with Gasteiger partial charge in [-0.2, -0.15) is 0 Å². The molecule has 0 amide bonds. The number of benzene rings is 3. The molecule has 4 unspecified atom stereocenters. The number of allylic oxidation sites excluding steroid dienone is 18. The van der Waals surface area contributed by atoms with Gasteiger partial charge in [-0.05, 0) is 341 Å². The van der Waals surface area contributed by atoms with Crippen molar-refractivity contribution in [3.05, 3.63) is 202 Å². The molecule has 0 saturated heterocycles. The van der Waals surface area contributed by atoms with Crippen LogP contribution in [0.3, 0.4) is 0 Å². The molecule has 0 aliphatic heterocycles. The summed E-state index contributed by atoms with van der Waals surface area (Å²) in [5, 5.41) is 0. The molecule has 0 bridgehead atoms. The van der Waals surface area contributed by atoms with Crippen LogP contribution in [-0.4, -0.2) is 0 Å². The van der Waals surface area contributed by atoms with Crippen molar-refractivity contribution in [3.63, 3.8) is 0 Å². The lowest BCUT2D eigenvalue weighted by Gasteiger charge is -2.30. The van der Waals surface area contributed by atoms with Crippen molar-refractivity contribution in [2.45, 2.75) is 177 Å². The first-order valence-corrected chi connectivity index (χ1v) is 25.2. The summed E-state index contributed by atoms with van der Waals surface area (Å²) in [5.41, 5.74) is 52.9. The molecule has 0 aromatic heterocycles. The van der Waals surface area contributed by atoms with Crippen LogP contribution in [0.15, 0.2) is 102 Å². The second kappa shape index (κ2) is 15.3. The maximum atomic E-state index is 4.91. The first-order chi connectivity index (χ1) is 30.8. The number of hydrogen-bond donors (Lipinski definition) is 0. The predicted molar refractivity (Wildman–Crippen MR) is 287 cm³/mol. The molecule has 0 nitrogen and oxygen atoms in total. The highest BCUT2D eigenvalue weighted by Crippen LogP contribution is 2.63. The van der Waals surface area contributed by atoms with Gasteiger partial charge in [0.25, 0.3) is 0 Å². The molecule has 3 aromatic rings. The van der Waals surface area contributed by atoms with Crippen LogP contribution in [-0.2, 0) is 0 Å². The van der Waals surface area contributed by atoms with Gasteiger partial charge in [-0.3, -0.25) is 0 Å². The Morgan fingerprint density at radius 1 is 0.318 bits per heavy atom. The van der Waals surface area contributed by atoms with Gasteiger partial charge in [-0.25, -0.2) is 0 Å². The van der Waals surface area contributed by atoms with Crippen LogP contribution in [0.4, 0.5) is 0 Å². The summed E-state index contributed by atoms with van der Waals surface area (Å²) in [6.07, 6.45) is 1.98. The lowest BCUT2D eigenvalue weighted by Crippen LogP contribution is -2.15. The maximum absolute atomic E-state index is 4.91. The normalized spacial score (nSPS) is 23.1. The Kier molecular flexibility index (Phi) is 10.7. The van der Waals surface area contributed by atoms with E-state index >= 15 is 0 Å². The van der Waals surface area contributed by atoms with Crippen LogP contribution in [0.5, 0.6) is 0 Å². The first kappa shape index (κ1) is 46.2. The van der Waals surface area contributed by atoms with Crippen molar-refractivity contribution in [2.75, 3.05) is 0 Å². The third-order valence-corrected chi connectivity index (χ3v) is 20.1. The van der Waals surface area contributed by atoms with Gasteiger partial charge in [0.05, 0.1) is 0 Å². The van der Waals surface area contributed by atoms with Crippen molar-refractivity contribution < 1.29 is 0 Å². The topological polar surface area (TPSA) is 0 Å². The molecule has 342 valence electrons. The van der Waals surface area contributed by atoms with Crippen LogP contribution in [0.25, 0.3) is 11.1 Å². The third kappa shape index (κ3) is 5.69. The van der Waals surface area contributed by atoms with Crippen molar-refractivity contribution in [2.24, 2.45) is 11.8 Å². The minimum absolute atomic E-state index is 0.145. The zero-order chi connectivity index (χ0) is 48.5. The largest absolute Gasteiger partial charge is 0.0946 e. The summed E-state index contributed by atoms with van der Waals surface area (Å²) in [7, 11) is 0. The van der Waals surface area contributed by atoms with E-state index in [1.54, 1.807) is 16.7 Å². The Morgan fingerprint density at radius 3 is 1.06 bits per heavy atom. The number of fused-ring (bicyclic) bond motifs is 3. The minimum Gasteiger partial charge on any atom is -0.0946 e. The van der Waals surface area contributed by atoms with E-state index in [0.717, 1.165) is 12.8 Å². The van der Waals surface area contributed by atoms with E-state index in [1.165, 1.54) is 184 Å². The quantitative estimate of drug-likeness (QED) is 0.240. The zero-order valence-electron chi connectivity index (χ0n) is 45.1. The molecule has 3 aromatic carbocycles. The Hall–Kier alpha value is -4.94. The van der Waals surface area contributed by atoms with E-state index in [0.29, 0.717) is 0 Å². The highest BCUT2D eigenvalue weighted by atomic mass is 14.5. The molecule has 66 heavy (non-hydrogen) atoms. The van der Waals surface area contributed by atoms with Gasteiger partial charge in [-0.15, -0.1) is 0 Å². The van der Waals surface area contributed by atoms with Crippen LogP contribution in [0.1, 0.15) is 194 Å². The average molecular weight is 871 g/mol. The molecule has 0 N–H and O–H groups in total. The smallest absolute Gasteiger partial charge is 0.0360 e. The number of hydrogen-bond acceptors (Lipinski definition) is 0. The third-order valence-electron chi connectivity index (χ3n) is 20.1. The molecule has 0 spiro atoms. The minimum atomic E-state index is 0.145. The summed E-state index contributed by atoms with van der Waals surface area (Å²) in [6, 6.07) is 0. The molecule has 0 fully saturated rings. The van der Waals surface area contributed by atoms with E-state index in [-0.39, 0.29) is 23.7 Å². The van der Waals surface area contributed by atoms with E-state index in [4.69, 9.17) is 13.2 Å². The Bertz CT molecular complexity index is 3140. The van der Waals surface area contributed by atoms with Crippen molar-refractivity contribution in [3.8, 4) is 0 Å². The van der Waals surface area contributed by atoms with Crippen molar-refractivity contribution in [1.82, 2.24) is 0 Å². The fourth-order valence-electron chi connectivity index (χ4n) is 14.7. The summed E-state index contributed by atoms with van der Waals surface area (Å²) >= 11 is 0. The Labute approximate surface area is 400 Å². The molecule has 6 aliphatic carbocycles. The fourth-order valence-corrected chi connectivity index (χ4v) is 14.7. The van der Waals surface area contributed by atoms with Gasteiger partial charge in [0.1, 0.15) is 0 Å². The Balaban J connectivity index is 1.29. The molecule has 0 saturated carbocycles. The van der Waals surface area contributed by atoms with Gasteiger partial charge in [0.2, 0.25) is 0 Å². The average Bonchev–Trinajstić information content (AvgIpc) is 4.04. The predicted octanol–water partition coefficient (Wildman–Crippen LogP) is 18.3. The number of rotatable bonds is 5. The van der Waals surface area contributed by atoms with E-state index in [2.05, 4.69) is 152 Å². The van der Waals surface area contributed by atoms with E-state index in [1.807, 2.05) is 0 Å². The summed E-state index contributed by atoms with van der Waals surface area (Å²) in [5.74, 6) is 0.918. The van der Waals surface area contributed by atoms with E-state index in [9.17, 15) is 0 Å². The van der Waals surface area contributed by atoms with E-state index < -0.39 is 0 Å². The molecule has 4 atom stereocenters. The van der Waals surface area contributed by atoms with Crippen LogP contribution in [0.2, 0.25) is 0 Å². The van der Waals surface area contributed by atoms with Crippen molar-refractivity contribution in [1.29, 1.82) is 0 Å². The highest BCUT2D eigenvalue weighted by Gasteiger charge is 2.47. The van der Waals surface area contributed by atoms with Gasteiger partial charge in [-0.1, -0.05) is 38.2 Å². The monoisotopic (exact) mass is 871 g/mol. The summed E-state index contributed by atoms with van der Waals surface area (Å²) in [6.45, 7) is 62.5. The summed E-state index contributed by atoms with van der Waals surface area (Å²) in [4.78, 5) is 0. The fraction of sp³-hybridized carbons (Fsp3) is 0.424. The lowest BCUT2D eigenvalue weighted by atomic mass is 9.73.